The Balaban J connectivity index is 1.74. The molecule has 0 unspecified atom stereocenters. The summed E-state index contributed by atoms with van der Waals surface area (Å²) in [5.74, 6) is 0.126. The number of nitrogens with one attached hydrogen (secondary N) is 1. The molecule has 1 saturated heterocycles. The van der Waals surface area contributed by atoms with Crippen LogP contribution in [0.25, 0.3) is 16.1 Å². The SMILES string of the molecule is O=C(O)N1CCC(c2cc(=O)[nH]c3c(-c4cccs4)cnn23)CC1. The minimum absolute atomic E-state index is 0.126. The zero-order valence-corrected chi connectivity index (χ0v) is 13.6. The largest absolute Gasteiger partial charge is 0.465 e. The van der Waals surface area contributed by atoms with Crippen LogP contribution >= 0.6 is 11.3 Å². The summed E-state index contributed by atoms with van der Waals surface area (Å²) in [5, 5.41) is 15.5. The molecule has 0 aliphatic carbocycles. The number of thiophene rings is 1. The molecular weight excluding hydrogens is 328 g/mol. The molecule has 3 aromatic heterocycles. The predicted molar refractivity (Wildman–Crippen MR) is 90.7 cm³/mol. The Kier molecular flexibility index (Phi) is 3.61. The number of likely N-dealkylation sites (tertiary alicyclic amines) is 1. The number of carbonyl (C=O) groups is 1. The van der Waals surface area contributed by atoms with Crippen LogP contribution in [0.1, 0.15) is 24.5 Å². The predicted octanol–water partition coefficient (Wildman–Crippen LogP) is 2.61. The van der Waals surface area contributed by atoms with Crippen LogP contribution in [0.15, 0.2) is 34.6 Å². The van der Waals surface area contributed by atoms with E-state index < -0.39 is 6.09 Å². The van der Waals surface area contributed by atoms with Gasteiger partial charge in [-0.1, -0.05) is 6.07 Å². The smallest absolute Gasteiger partial charge is 0.407 e. The maximum Gasteiger partial charge on any atom is 0.407 e. The van der Waals surface area contributed by atoms with Crippen LogP contribution in [0.5, 0.6) is 0 Å². The van der Waals surface area contributed by atoms with Gasteiger partial charge in [0.2, 0.25) is 0 Å². The van der Waals surface area contributed by atoms with E-state index in [1.165, 1.54) is 4.90 Å². The van der Waals surface area contributed by atoms with Gasteiger partial charge in [0.25, 0.3) is 5.56 Å². The first-order valence-corrected chi connectivity index (χ1v) is 8.64. The van der Waals surface area contributed by atoms with Gasteiger partial charge in [-0.3, -0.25) is 4.79 Å². The van der Waals surface area contributed by atoms with E-state index in [0.717, 1.165) is 16.1 Å². The molecule has 0 aromatic carbocycles. The molecule has 0 spiro atoms. The van der Waals surface area contributed by atoms with Gasteiger partial charge in [-0.2, -0.15) is 5.10 Å². The van der Waals surface area contributed by atoms with Gasteiger partial charge in [0.05, 0.1) is 17.5 Å². The molecule has 2 N–H and O–H groups in total. The van der Waals surface area contributed by atoms with Gasteiger partial charge in [-0.15, -0.1) is 11.3 Å². The van der Waals surface area contributed by atoms with Crippen molar-refractivity contribution in [2.24, 2.45) is 0 Å². The van der Waals surface area contributed by atoms with Gasteiger partial charge >= 0.3 is 6.09 Å². The maximum atomic E-state index is 12.1. The number of piperidine rings is 1. The molecule has 0 atom stereocenters. The van der Waals surface area contributed by atoms with E-state index >= 15 is 0 Å². The Labute approximate surface area is 141 Å². The topological polar surface area (TPSA) is 90.7 Å². The minimum Gasteiger partial charge on any atom is -0.465 e. The van der Waals surface area contributed by atoms with Crippen LogP contribution in [0.2, 0.25) is 0 Å². The van der Waals surface area contributed by atoms with Gasteiger partial charge in [-0.25, -0.2) is 9.31 Å². The quantitative estimate of drug-likeness (QED) is 0.748. The molecule has 1 fully saturated rings. The first-order valence-electron chi connectivity index (χ1n) is 7.76. The number of H-pyrrole nitrogens is 1. The molecule has 8 heteroatoms. The lowest BCUT2D eigenvalue weighted by Crippen LogP contribution is -2.37. The van der Waals surface area contributed by atoms with Crippen LogP contribution in [-0.4, -0.2) is 43.8 Å². The number of aromatic amines is 1. The first-order chi connectivity index (χ1) is 11.6. The van der Waals surface area contributed by atoms with Crippen molar-refractivity contribution < 1.29 is 9.90 Å². The molecule has 0 bridgehead atoms. The summed E-state index contributed by atoms with van der Waals surface area (Å²) in [6.07, 6.45) is 2.27. The van der Waals surface area contributed by atoms with Crippen LogP contribution in [-0.2, 0) is 0 Å². The minimum atomic E-state index is -0.886. The van der Waals surface area contributed by atoms with Crippen molar-refractivity contribution >= 4 is 23.1 Å². The summed E-state index contributed by atoms with van der Waals surface area (Å²) >= 11 is 1.60. The fourth-order valence-electron chi connectivity index (χ4n) is 3.28. The van der Waals surface area contributed by atoms with E-state index in [9.17, 15) is 9.59 Å². The van der Waals surface area contributed by atoms with E-state index in [2.05, 4.69) is 10.1 Å². The molecule has 24 heavy (non-hydrogen) atoms. The number of fused-ring (bicyclic) bond motifs is 1. The zero-order chi connectivity index (χ0) is 16.7. The second-order valence-electron chi connectivity index (χ2n) is 5.90. The molecule has 124 valence electrons. The van der Waals surface area contributed by atoms with Crippen molar-refractivity contribution in [3.63, 3.8) is 0 Å². The third-order valence-corrected chi connectivity index (χ3v) is 5.41. The van der Waals surface area contributed by atoms with Crippen molar-refractivity contribution in [3.05, 3.63) is 45.8 Å². The van der Waals surface area contributed by atoms with Gasteiger partial charge in [0, 0.05) is 30.0 Å². The highest BCUT2D eigenvalue weighted by Crippen LogP contribution is 2.31. The summed E-state index contributed by atoms with van der Waals surface area (Å²) in [6, 6.07) is 5.55. The van der Waals surface area contributed by atoms with Crippen LogP contribution < -0.4 is 5.56 Å². The van der Waals surface area contributed by atoms with Crippen molar-refractivity contribution in [3.8, 4) is 10.4 Å². The van der Waals surface area contributed by atoms with E-state index in [4.69, 9.17) is 5.11 Å². The van der Waals surface area contributed by atoms with Crippen molar-refractivity contribution in [1.82, 2.24) is 19.5 Å². The van der Waals surface area contributed by atoms with Crippen LogP contribution in [0.3, 0.4) is 0 Å². The summed E-state index contributed by atoms with van der Waals surface area (Å²) in [4.78, 5) is 28.5. The highest BCUT2D eigenvalue weighted by atomic mass is 32.1. The average Bonchev–Trinajstić information content (AvgIpc) is 3.23. The Bertz CT molecular complexity index is 936. The molecule has 7 nitrogen and oxygen atoms in total. The lowest BCUT2D eigenvalue weighted by molar-refractivity contribution is 0.131. The fourth-order valence-corrected chi connectivity index (χ4v) is 4.02. The summed E-state index contributed by atoms with van der Waals surface area (Å²) < 4.78 is 1.79. The second kappa shape index (κ2) is 5.79. The molecule has 3 aromatic rings. The first kappa shape index (κ1) is 14.9. The number of carboxylic acid groups (broad SMARTS) is 1. The summed E-state index contributed by atoms with van der Waals surface area (Å²) in [6.45, 7) is 0.959. The van der Waals surface area contributed by atoms with Gasteiger partial charge in [0.1, 0.15) is 5.65 Å². The summed E-state index contributed by atoms with van der Waals surface area (Å²) in [5.41, 5.74) is 2.30. The van der Waals surface area contributed by atoms with Gasteiger partial charge in [0.15, 0.2) is 0 Å². The third-order valence-electron chi connectivity index (χ3n) is 4.50. The van der Waals surface area contributed by atoms with E-state index in [1.807, 2.05) is 17.5 Å². The monoisotopic (exact) mass is 344 g/mol. The molecule has 1 amide bonds. The molecule has 4 rings (SSSR count). The Hall–Kier alpha value is -2.61. The lowest BCUT2D eigenvalue weighted by atomic mass is 9.93. The number of hydrogen-bond donors (Lipinski definition) is 2. The van der Waals surface area contributed by atoms with Crippen LogP contribution in [0.4, 0.5) is 4.79 Å². The number of rotatable bonds is 2. The molecule has 0 radical (unpaired) electrons. The van der Waals surface area contributed by atoms with Crippen molar-refractivity contribution in [2.45, 2.75) is 18.8 Å². The molecule has 0 saturated carbocycles. The zero-order valence-electron chi connectivity index (χ0n) is 12.8. The number of amides is 1. The van der Waals surface area contributed by atoms with Crippen molar-refractivity contribution in [2.75, 3.05) is 13.1 Å². The number of hydrogen-bond acceptors (Lipinski definition) is 4. The highest BCUT2D eigenvalue weighted by Gasteiger charge is 2.26. The van der Waals surface area contributed by atoms with Crippen molar-refractivity contribution in [1.29, 1.82) is 0 Å². The Morgan fingerprint density at radius 2 is 2.17 bits per heavy atom. The van der Waals surface area contributed by atoms with E-state index in [-0.39, 0.29) is 11.5 Å². The second-order valence-corrected chi connectivity index (χ2v) is 6.85. The van der Waals surface area contributed by atoms with Gasteiger partial charge in [-0.05, 0) is 24.3 Å². The van der Waals surface area contributed by atoms with Crippen LogP contribution in [0, 0.1) is 0 Å². The number of nitrogens with zero attached hydrogens (tertiary/aromatic N) is 3. The van der Waals surface area contributed by atoms with E-state index in [1.54, 1.807) is 28.1 Å². The molecule has 1 aliphatic rings. The Morgan fingerprint density at radius 1 is 1.38 bits per heavy atom. The maximum absolute atomic E-state index is 12.1. The molecule has 1 aliphatic heterocycles. The third kappa shape index (κ3) is 2.48. The van der Waals surface area contributed by atoms with Gasteiger partial charge < -0.3 is 15.0 Å². The number of aromatic nitrogens is 3. The van der Waals surface area contributed by atoms with E-state index in [0.29, 0.717) is 31.6 Å². The summed E-state index contributed by atoms with van der Waals surface area (Å²) in [7, 11) is 0. The fraction of sp³-hybridized carbons (Fsp3) is 0.312. The molecule has 4 heterocycles. The Morgan fingerprint density at radius 3 is 2.83 bits per heavy atom. The standard InChI is InChI=1S/C16H16N4O3S/c21-14-8-12(10-3-5-19(6-4-10)16(22)23)20-15(18-14)11(9-17-20)13-2-1-7-24-13/h1-2,7-10H,3-6H2,(H,18,21)(H,22,23). The lowest BCUT2D eigenvalue weighted by Gasteiger charge is -2.30. The normalized spacial score (nSPS) is 15.9. The average molecular weight is 344 g/mol. The molecular formula is C16H16N4O3S. The highest BCUT2D eigenvalue weighted by molar-refractivity contribution is 7.13.